The van der Waals surface area contributed by atoms with Crippen molar-refractivity contribution in [2.75, 3.05) is 19.0 Å². The summed E-state index contributed by atoms with van der Waals surface area (Å²) < 4.78 is 26.8. The molecule has 0 fully saturated rings. The molecule has 0 aromatic heterocycles. The summed E-state index contributed by atoms with van der Waals surface area (Å²) in [6.07, 6.45) is 0. The number of para-hydroxylation sites is 1. The number of benzene rings is 1. The number of primary sulfonamides is 1. The fourth-order valence-electron chi connectivity index (χ4n) is 1.10. The van der Waals surface area contributed by atoms with Crippen LogP contribution in [0.2, 0.25) is 0 Å². The number of carbonyl (C=O) groups is 1. The predicted octanol–water partition coefficient (Wildman–Crippen LogP) is -0.0811. The lowest BCUT2D eigenvalue weighted by Gasteiger charge is -2.08. The zero-order valence-electron chi connectivity index (χ0n) is 8.64. The van der Waals surface area contributed by atoms with Crippen molar-refractivity contribution in [1.82, 2.24) is 0 Å². The van der Waals surface area contributed by atoms with Crippen molar-refractivity contribution >= 4 is 21.7 Å². The Kier molecular flexibility index (Phi) is 3.86. The lowest BCUT2D eigenvalue weighted by Crippen LogP contribution is -2.19. The van der Waals surface area contributed by atoms with Crippen LogP contribution in [0.3, 0.4) is 0 Å². The number of hydrogen-bond acceptors (Lipinski definition) is 5. The molecular weight excluding hydrogens is 232 g/mol. The van der Waals surface area contributed by atoms with Gasteiger partial charge in [-0.3, -0.25) is 4.79 Å². The van der Waals surface area contributed by atoms with E-state index in [1.54, 1.807) is 12.1 Å². The summed E-state index contributed by atoms with van der Waals surface area (Å²) in [5.74, 6) is -0.496. The number of anilines is 1. The molecule has 7 heteroatoms. The lowest BCUT2D eigenvalue weighted by atomic mass is 10.3. The van der Waals surface area contributed by atoms with Crippen LogP contribution in [0.15, 0.2) is 29.2 Å². The number of nitrogens with one attached hydrogen (secondary N) is 1. The van der Waals surface area contributed by atoms with Crippen LogP contribution in [0.25, 0.3) is 0 Å². The van der Waals surface area contributed by atoms with Crippen molar-refractivity contribution in [3.63, 3.8) is 0 Å². The molecule has 1 rings (SSSR count). The van der Waals surface area contributed by atoms with Gasteiger partial charge in [0.15, 0.2) is 0 Å². The molecule has 0 spiro atoms. The Morgan fingerprint density at radius 3 is 2.62 bits per heavy atom. The molecular formula is C9H12N2O4S. The van der Waals surface area contributed by atoms with Crippen molar-refractivity contribution in [3.8, 4) is 0 Å². The minimum atomic E-state index is -3.80. The number of carbonyl (C=O) groups excluding carboxylic acids is 1. The van der Waals surface area contributed by atoms with Gasteiger partial charge in [-0.1, -0.05) is 12.1 Å². The number of rotatable bonds is 4. The Bertz CT molecular complexity index is 484. The van der Waals surface area contributed by atoms with E-state index in [0.29, 0.717) is 0 Å². The van der Waals surface area contributed by atoms with Crippen LogP contribution in [-0.4, -0.2) is 28.0 Å². The van der Waals surface area contributed by atoms with Crippen LogP contribution in [0, 0.1) is 0 Å². The monoisotopic (exact) mass is 244 g/mol. The van der Waals surface area contributed by atoms with Crippen LogP contribution in [0.1, 0.15) is 0 Å². The molecule has 1 aromatic carbocycles. The van der Waals surface area contributed by atoms with Gasteiger partial charge in [0.25, 0.3) is 0 Å². The SMILES string of the molecule is COC(=O)CNc1ccccc1S(N)(=O)=O. The van der Waals surface area contributed by atoms with Gasteiger partial charge in [-0.05, 0) is 12.1 Å². The maximum Gasteiger partial charge on any atom is 0.325 e. The molecule has 0 aliphatic carbocycles. The largest absolute Gasteiger partial charge is 0.468 e. The van der Waals surface area contributed by atoms with Crippen molar-refractivity contribution in [1.29, 1.82) is 0 Å². The number of methoxy groups -OCH3 is 1. The molecule has 1 aromatic rings. The van der Waals surface area contributed by atoms with E-state index in [1.807, 2.05) is 0 Å². The van der Waals surface area contributed by atoms with Crippen molar-refractivity contribution in [2.45, 2.75) is 4.90 Å². The molecule has 16 heavy (non-hydrogen) atoms. The van der Waals surface area contributed by atoms with E-state index in [0.717, 1.165) is 0 Å². The second kappa shape index (κ2) is 4.95. The van der Waals surface area contributed by atoms with Gasteiger partial charge in [0, 0.05) is 0 Å². The van der Waals surface area contributed by atoms with E-state index in [-0.39, 0.29) is 17.1 Å². The topological polar surface area (TPSA) is 98.5 Å². The highest BCUT2D eigenvalue weighted by Gasteiger charge is 2.13. The van der Waals surface area contributed by atoms with Crippen LogP contribution >= 0.6 is 0 Å². The zero-order valence-corrected chi connectivity index (χ0v) is 9.45. The summed E-state index contributed by atoms with van der Waals surface area (Å²) in [4.78, 5) is 10.8. The van der Waals surface area contributed by atoms with Crippen molar-refractivity contribution in [2.24, 2.45) is 5.14 Å². The molecule has 88 valence electrons. The minimum Gasteiger partial charge on any atom is -0.468 e. The standard InChI is InChI=1S/C9H12N2O4S/c1-15-9(12)6-11-7-4-2-3-5-8(7)16(10,13)14/h2-5,11H,6H2,1H3,(H2,10,13,14). The number of esters is 1. The van der Waals surface area contributed by atoms with Gasteiger partial charge in [0.1, 0.15) is 11.4 Å². The van der Waals surface area contributed by atoms with Crippen molar-refractivity contribution < 1.29 is 17.9 Å². The lowest BCUT2D eigenvalue weighted by molar-refractivity contribution is -0.138. The summed E-state index contributed by atoms with van der Waals surface area (Å²) >= 11 is 0. The summed E-state index contributed by atoms with van der Waals surface area (Å²) in [6.45, 7) is -0.122. The van der Waals surface area contributed by atoms with Gasteiger partial charge < -0.3 is 10.1 Å². The molecule has 0 atom stereocenters. The second-order valence-electron chi connectivity index (χ2n) is 2.97. The molecule has 0 amide bonds. The average Bonchev–Trinajstić information content (AvgIpc) is 2.25. The summed E-state index contributed by atoms with van der Waals surface area (Å²) in [7, 11) is -2.56. The smallest absolute Gasteiger partial charge is 0.325 e. The summed E-state index contributed by atoms with van der Waals surface area (Å²) in [6, 6.07) is 6.05. The fourth-order valence-corrected chi connectivity index (χ4v) is 1.82. The molecule has 0 bridgehead atoms. The van der Waals surface area contributed by atoms with Gasteiger partial charge >= 0.3 is 5.97 Å². The second-order valence-corrected chi connectivity index (χ2v) is 4.50. The third kappa shape index (κ3) is 3.21. The quantitative estimate of drug-likeness (QED) is 0.722. The molecule has 0 aliphatic rings. The number of ether oxygens (including phenoxy) is 1. The van der Waals surface area contributed by atoms with E-state index in [2.05, 4.69) is 10.1 Å². The van der Waals surface area contributed by atoms with E-state index in [4.69, 9.17) is 5.14 Å². The Hall–Kier alpha value is -1.60. The van der Waals surface area contributed by atoms with Gasteiger partial charge in [0.05, 0.1) is 12.8 Å². The third-order valence-electron chi connectivity index (χ3n) is 1.84. The van der Waals surface area contributed by atoms with Crippen molar-refractivity contribution in [3.05, 3.63) is 24.3 Å². The first-order valence-electron chi connectivity index (χ1n) is 4.37. The zero-order chi connectivity index (χ0) is 12.2. The third-order valence-corrected chi connectivity index (χ3v) is 2.81. The minimum absolute atomic E-state index is 0.0566. The van der Waals surface area contributed by atoms with Gasteiger partial charge in [-0.15, -0.1) is 0 Å². The number of sulfonamides is 1. The summed E-state index contributed by atoms with van der Waals surface area (Å²) in [5.41, 5.74) is 0.274. The highest BCUT2D eigenvalue weighted by molar-refractivity contribution is 7.89. The molecule has 0 saturated carbocycles. The van der Waals surface area contributed by atoms with Gasteiger partial charge in [-0.2, -0.15) is 0 Å². The van der Waals surface area contributed by atoms with Gasteiger partial charge in [-0.25, -0.2) is 13.6 Å². The van der Waals surface area contributed by atoms with Crippen LogP contribution in [-0.2, 0) is 19.6 Å². The Morgan fingerprint density at radius 1 is 1.44 bits per heavy atom. The molecule has 6 nitrogen and oxygen atoms in total. The van der Waals surface area contributed by atoms with Gasteiger partial charge in [0.2, 0.25) is 10.0 Å². The predicted molar refractivity (Wildman–Crippen MR) is 58.3 cm³/mol. The highest BCUT2D eigenvalue weighted by Crippen LogP contribution is 2.18. The molecule has 0 aliphatic heterocycles. The fraction of sp³-hybridized carbons (Fsp3) is 0.222. The summed E-state index contributed by atoms with van der Waals surface area (Å²) in [5, 5.41) is 7.65. The molecule has 0 unspecified atom stereocenters. The van der Waals surface area contributed by atoms with E-state index in [9.17, 15) is 13.2 Å². The Morgan fingerprint density at radius 2 is 2.06 bits per heavy atom. The Labute approximate surface area is 93.5 Å². The first-order chi connectivity index (χ1) is 7.45. The molecule has 0 saturated heterocycles. The molecule has 0 radical (unpaired) electrons. The normalized spacial score (nSPS) is 10.9. The maximum absolute atomic E-state index is 11.2. The van der Waals surface area contributed by atoms with E-state index < -0.39 is 16.0 Å². The number of nitrogens with two attached hydrogens (primary N) is 1. The van der Waals surface area contributed by atoms with Crippen LogP contribution in [0.5, 0.6) is 0 Å². The first-order valence-corrected chi connectivity index (χ1v) is 5.92. The molecule has 0 heterocycles. The maximum atomic E-state index is 11.2. The molecule has 3 N–H and O–H groups in total. The first kappa shape index (κ1) is 12.5. The van der Waals surface area contributed by atoms with E-state index >= 15 is 0 Å². The van der Waals surface area contributed by atoms with E-state index in [1.165, 1.54) is 19.2 Å². The average molecular weight is 244 g/mol. The Balaban J connectivity index is 2.93. The number of hydrogen-bond donors (Lipinski definition) is 2. The highest BCUT2D eigenvalue weighted by atomic mass is 32.2. The van der Waals surface area contributed by atoms with Crippen LogP contribution in [0.4, 0.5) is 5.69 Å². The van der Waals surface area contributed by atoms with Crippen LogP contribution < -0.4 is 10.5 Å².